The summed E-state index contributed by atoms with van der Waals surface area (Å²) in [6.45, 7) is 22.6. The van der Waals surface area contributed by atoms with Crippen molar-refractivity contribution in [3.8, 4) is 0 Å². The molecule has 5 rings (SSSR count). The Labute approximate surface area is 367 Å². The first-order chi connectivity index (χ1) is 28.7. The highest BCUT2D eigenvalue weighted by molar-refractivity contribution is 5.25. The van der Waals surface area contributed by atoms with Crippen molar-refractivity contribution in [1.29, 1.82) is 0 Å². The van der Waals surface area contributed by atoms with Crippen LogP contribution in [0.3, 0.4) is 0 Å². The standard InChI is InChI=1S/C55H99NO3/c1-8-9-10-11-12-13-14-15-16-17-18-19-20-21-22-23-38-57-43-49(42-56-37-25-28-46(56)5)59-40-39-58-48-33-35-54(6)47(41-48)29-30-50-52-32-31-51(45(4)27-24-26-44(2)3)55(52,7)36-34-53(50)54/h15-16,29,44-46,48-53H,8-14,17-28,30-43H2,1-7H3/b16-15-/t45-,46?,48+,49?,50+,51-,52+,53+,54+,55-/m1/s1. The lowest BCUT2D eigenvalue weighted by molar-refractivity contribution is -0.0801. The van der Waals surface area contributed by atoms with E-state index in [4.69, 9.17) is 14.2 Å². The summed E-state index contributed by atoms with van der Waals surface area (Å²) in [6, 6.07) is 0.657. The Morgan fingerprint density at radius 1 is 0.763 bits per heavy atom. The molecule has 3 saturated carbocycles. The number of nitrogens with zero attached hydrogens (tertiary/aromatic N) is 1. The summed E-state index contributed by atoms with van der Waals surface area (Å²) in [4.78, 5) is 2.62. The summed E-state index contributed by atoms with van der Waals surface area (Å²) in [5, 5.41) is 0. The van der Waals surface area contributed by atoms with Crippen LogP contribution in [-0.2, 0) is 14.2 Å². The number of fused-ring (bicyclic) bond motifs is 5. The molecule has 4 fully saturated rings. The Balaban J connectivity index is 0.958. The van der Waals surface area contributed by atoms with Crippen LogP contribution in [-0.4, -0.2) is 62.7 Å². The molecule has 0 spiro atoms. The van der Waals surface area contributed by atoms with Crippen LogP contribution in [0.2, 0.25) is 0 Å². The van der Waals surface area contributed by atoms with Crippen molar-refractivity contribution in [3.05, 3.63) is 23.8 Å². The van der Waals surface area contributed by atoms with Gasteiger partial charge in [-0.2, -0.15) is 0 Å². The Bertz CT molecular complexity index is 1200. The molecule has 0 radical (unpaired) electrons. The van der Waals surface area contributed by atoms with Crippen molar-refractivity contribution in [2.45, 2.75) is 240 Å². The second-order valence-electron chi connectivity index (χ2n) is 22.0. The second-order valence-corrected chi connectivity index (χ2v) is 22.0. The predicted molar refractivity (Wildman–Crippen MR) is 253 cm³/mol. The topological polar surface area (TPSA) is 30.9 Å². The summed E-state index contributed by atoms with van der Waals surface area (Å²) in [5.74, 6) is 5.39. The van der Waals surface area contributed by atoms with E-state index in [2.05, 4.69) is 71.6 Å². The molecule has 0 bridgehead atoms. The fraction of sp³-hybridized carbons (Fsp3) is 0.927. The Kier molecular flexibility index (Phi) is 21.9. The summed E-state index contributed by atoms with van der Waals surface area (Å²) < 4.78 is 19.5. The molecule has 4 aliphatic carbocycles. The minimum absolute atomic E-state index is 0.135. The lowest BCUT2D eigenvalue weighted by atomic mass is 9.47. The van der Waals surface area contributed by atoms with Gasteiger partial charge in [0.1, 0.15) is 0 Å². The fourth-order valence-electron chi connectivity index (χ4n) is 13.6. The summed E-state index contributed by atoms with van der Waals surface area (Å²) in [5.41, 5.74) is 2.71. The van der Waals surface area contributed by atoms with E-state index in [1.807, 2.05) is 0 Å². The van der Waals surface area contributed by atoms with Gasteiger partial charge >= 0.3 is 0 Å². The molecule has 4 heteroatoms. The highest BCUT2D eigenvalue weighted by Gasteiger charge is 2.59. The number of unbranched alkanes of at least 4 members (excludes halogenated alkanes) is 12. The zero-order valence-corrected chi connectivity index (χ0v) is 40.4. The molecule has 0 aromatic rings. The van der Waals surface area contributed by atoms with Gasteiger partial charge in [0.15, 0.2) is 0 Å². The molecule has 342 valence electrons. The zero-order valence-electron chi connectivity index (χ0n) is 40.4. The number of ether oxygens (including phenoxy) is 3. The van der Waals surface area contributed by atoms with Gasteiger partial charge in [0.25, 0.3) is 0 Å². The monoisotopic (exact) mass is 822 g/mol. The minimum Gasteiger partial charge on any atom is -0.379 e. The maximum Gasteiger partial charge on any atom is 0.0936 e. The van der Waals surface area contributed by atoms with Gasteiger partial charge < -0.3 is 14.2 Å². The average Bonchev–Trinajstić information content (AvgIpc) is 3.80. The Morgan fingerprint density at radius 2 is 1.49 bits per heavy atom. The summed E-state index contributed by atoms with van der Waals surface area (Å²) in [6.07, 6.45) is 44.7. The SMILES string of the molecule is CCCCCCCC/C=C\CCCCCCCCOCC(CN1CCCC1C)OCCO[C@H]1CC[C@@]2(C)C(=CC[C@H]3[C@@H]4CC[C@H]([C@H](C)CCCC(C)C)[C@@]4(C)CC[C@@H]32)C1. The van der Waals surface area contributed by atoms with Gasteiger partial charge in [0.2, 0.25) is 0 Å². The Hall–Kier alpha value is -0.680. The van der Waals surface area contributed by atoms with Crippen LogP contribution in [0.15, 0.2) is 23.8 Å². The van der Waals surface area contributed by atoms with Crippen LogP contribution in [0.25, 0.3) is 0 Å². The van der Waals surface area contributed by atoms with Gasteiger partial charge in [0, 0.05) is 19.2 Å². The van der Waals surface area contributed by atoms with Crippen LogP contribution in [0.1, 0.15) is 222 Å². The lowest BCUT2D eigenvalue weighted by Crippen LogP contribution is -2.51. The van der Waals surface area contributed by atoms with Gasteiger partial charge in [-0.1, -0.05) is 142 Å². The minimum atomic E-state index is 0.135. The van der Waals surface area contributed by atoms with E-state index >= 15 is 0 Å². The number of hydrogen-bond donors (Lipinski definition) is 0. The van der Waals surface area contributed by atoms with Crippen molar-refractivity contribution in [3.63, 3.8) is 0 Å². The second kappa shape index (κ2) is 26.2. The van der Waals surface area contributed by atoms with Crippen LogP contribution >= 0.6 is 0 Å². The smallest absolute Gasteiger partial charge is 0.0936 e. The van der Waals surface area contributed by atoms with Crippen molar-refractivity contribution < 1.29 is 14.2 Å². The van der Waals surface area contributed by atoms with Crippen molar-refractivity contribution in [2.24, 2.45) is 46.3 Å². The van der Waals surface area contributed by atoms with Gasteiger partial charge in [-0.3, -0.25) is 4.90 Å². The van der Waals surface area contributed by atoms with E-state index in [1.165, 1.54) is 173 Å². The third-order valence-electron chi connectivity index (χ3n) is 17.3. The molecule has 1 heterocycles. The Morgan fingerprint density at radius 3 is 2.20 bits per heavy atom. The lowest BCUT2D eigenvalue weighted by Gasteiger charge is -2.58. The summed E-state index contributed by atoms with van der Waals surface area (Å²) in [7, 11) is 0. The fourth-order valence-corrected chi connectivity index (χ4v) is 13.6. The quantitative estimate of drug-likeness (QED) is 0.0533. The number of hydrogen-bond acceptors (Lipinski definition) is 4. The predicted octanol–water partition coefficient (Wildman–Crippen LogP) is 15.3. The molecular formula is C55H99NO3. The third-order valence-corrected chi connectivity index (χ3v) is 17.3. The maximum atomic E-state index is 6.64. The highest BCUT2D eigenvalue weighted by Crippen LogP contribution is 2.67. The molecule has 0 N–H and O–H groups in total. The maximum absolute atomic E-state index is 6.64. The molecule has 5 aliphatic rings. The first kappa shape index (κ1) is 49.3. The molecule has 59 heavy (non-hydrogen) atoms. The number of allylic oxidation sites excluding steroid dienone is 3. The molecule has 2 unspecified atom stereocenters. The van der Waals surface area contributed by atoms with Crippen molar-refractivity contribution in [2.75, 3.05) is 39.5 Å². The van der Waals surface area contributed by atoms with Gasteiger partial charge in [-0.05, 0) is 156 Å². The van der Waals surface area contributed by atoms with Crippen molar-refractivity contribution in [1.82, 2.24) is 4.90 Å². The molecule has 1 aliphatic heterocycles. The van der Waals surface area contributed by atoms with Crippen LogP contribution in [0.4, 0.5) is 0 Å². The average molecular weight is 822 g/mol. The highest BCUT2D eigenvalue weighted by atomic mass is 16.6. The molecule has 1 saturated heterocycles. The van der Waals surface area contributed by atoms with E-state index in [1.54, 1.807) is 5.57 Å². The number of rotatable bonds is 30. The third kappa shape index (κ3) is 15.0. The van der Waals surface area contributed by atoms with Gasteiger partial charge in [-0.15, -0.1) is 0 Å². The molecule has 4 nitrogen and oxygen atoms in total. The van der Waals surface area contributed by atoms with E-state index in [0.717, 1.165) is 55.1 Å². The van der Waals surface area contributed by atoms with Gasteiger partial charge in [0.05, 0.1) is 32.0 Å². The molecular weight excluding hydrogens is 723 g/mol. The van der Waals surface area contributed by atoms with Crippen molar-refractivity contribution >= 4 is 0 Å². The van der Waals surface area contributed by atoms with E-state index in [0.29, 0.717) is 42.8 Å². The van der Waals surface area contributed by atoms with Gasteiger partial charge in [-0.25, -0.2) is 0 Å². The number of likely N-dealkylation sites (tertiary alicyclic amines) is 1. The summed E-state index contributed by atoms with van der Waals surface area (Å²) >= 11 is 0. The normalized spacial score (nSPS) is 32.0. The molecule has 10 atom stereocenters. The molecule has 0 aromatic carbocycles. The van der Waals surface area contributed by atoms with E-state index in [9.17, 15) is 0 Å². The molecule has 0 amide bonds. The largest absolute Gasteiger partial charge is 0.379 e. The van der Waals surface area contributed by atoms with E-state index < -0.39 is 0 Å². The zero-order chi connectivity index (χ0) is 41.9. The first-order valence-corrected chi connectivity index (χ1v) is 26.5. The van der Waals surface area contributed by atoms with Crippen LogP contribution in [0, 0.1) is 46.3 Å². The first-order valence-electron chi connectivity index (χ1n) is 26.5. The van der Waals surface area contributed by atoms with Crippen LogP contribution < -0.4 is 0 Å². The molecule has 0 aromatic heterocycles. The van der Waals surface area contributed by atoms with Crippen LogP contribution in [0.5, 0.6) is 0 Å². The van der Waals surface area contributed by atoms with E-state index in [-0.39, 0.29) is 6.10 Å².